The summed E-state index contributed by atoms with van der Waals surface area (Å²) < 4.78 is 17.5. The number of hydrogen-bond acceptors (Lipinski definition) is 6. The van der Waals surface area contributed by atoms with Crippen molar-refractivity contribution in [3.8, 4) is 0 Å². The van der Waals surface area contributed by atoms with Crippen molar-refractivity contribution in [1.82, 2.24) is 10.2 Å². The van der Waals surface area contributed by atoms with Gasteiger partial charge in [-0.1, -0.05) is 0 Å². The zero-order valence-corrected chi connectivity index (χ0v) is 20.5. The molecule has 0 spiro atoms. The number of fused-ring (bicyclic) bond motifs is 1. The van der Waals surface area contributed by atoms with Crippen molar-refractivity contribution in [2.24, 2.45) is 17.8 Å². The smallest absolute Gasteiger partial charge is 0.306 e. The van der Waals surface area contributed by atoms with Gasteiger partial charge in [0.25, 0.3) is 0 Å². The Bertz CT molecular complexity index is 648. The molecule has 2 saturated carbocycles. The second kappa shape index (κ2) is 12.0. The summed E-state index contributed by atoms with van der Waals surface area (Å²) in [7, 11) is 1.80. The summed E-state index contributed by atoms with van der Waals surface area (Å²) in [5.41, 5.74) is 0. The van der Waals surface area contributed by atoms with Gasteiger partial charge in [-0.15, -0.1) is 0 Å². The number of nitrogens with zero attached hydrogens (tertiary/aromatic N) is 1. The molecule has 33 heavy (non-hydrogen) atoms. The summed E-state index contributed by atoms with van der Waals surface area (Å²) in [5, 5.41) is 5.33. The van der Waals surface area contributed by atoms with Gasteiger partial charge in [-0.05, 0) is 69.6 Å². The Morgan fingerprint density at radius 2 is 1.97 bits per heavy atom. The fourth-order valence-corrected chi connectivity index (χ4v) is 6.54. The van der Waals surface area contributed by atoms with Crippen molar-refractivity contribution in [3.05, 3.63) is 0 Å². The molecule has 0 radical (unpaired) electrons. The maximum Gasteiger partial charge on any atom is 0.306 e. The summed E-state index contributed by atoms with van der Waals surface area (Å²) in [6.45, 7) is 6.92. The quantitative estimate of drug-likeness (QED) is 0.390. The van der Waals surface area contributed by atoms with Crippen LogP contribution in [0.3, 0.4) is 0 Å². The monoisotopic (exact) mass is 466 g/mol. The lowest BCUT2D eigenvalue weighted by Crippen LogP contribution is -2.82. The van der Waals surface area contributed by atoms with Crippen LogP contribution in [-0.4, -0.2) is 81.1 Å². The average Bonchev–Trinajstić information content (AvgIpc) is 3.34. The molecule has 4 unspecified atom stereocenters. The number of nitrogens with two attached hydrogens (primary N) is 1. The van der Waals surface area contributed by atoms with Gasteiger partial charge in [-0.25, -0.2) is 0 Å². The second-order valence-corrected chi connectivity index (χ2v) is 10.6. The highest BCUT2D eigenvalue weighted by molar-refractivity contribution is 5.80. The van der Waals surface area contributed by atoms with Gasteiger partial charge in [-0.2, -0.15) is 0 Å². The Kier molecular flexibility index (Phi) is 9.02. The topological polar surface area (TPSA) is 93.7 Å². The van der Waals surface area contributed by atoms with Gasteiger partial charge in [-0.3, -0.25) is 14.5 Å². The number of ether oxygens (including phenoxy) is 3. The van der Waals surface area contributed by atoms with Crippen LogP contribution in [0.5, 0.6) is 0 Å². The van der Waals surface area contributed by atoms with E-state index in [9.17, 15) is 9.59 Å². The van der Waals surface area contributed by atoms with Crippen LogP contribution in [0.1, 0.15) is 64.7 Å². The second-order valence-electron chi connectivity index (χ2n) is 10.6. The first kappa shape index (κ1) is 24.9. The predicted octanol–water partition coefficient (Wildman–Crippen LogP) is 1.04. The molecule has 188 valence electrons. The summed E-state index contributed by atoms with van der Waals surface area (Å²) in [6.07, 6.45) is 8.47. The Hall–Kier alpha value is -1.22. The Morgan fingerprint density at radius 1 is 1.18 bits per heavy atom. The molecule has 4 rings (SSSR count). The van der Waals surface area contributed by atoms with E-state index in [1.807, 2.05) is 6.92 Å². The molecule has 8 nitrogen and oxygen atoms in total. The first-order chi connectivity index (χ1) is 16.0. The summed E-state index contributed by atoms with van der Waals surface area (Å²) in [4.78, 5) is 27.3. The highest BCUT2D eigenvalue weighted by Gasteiger charge is 2.46. The largest absolute Gasteiger partial charge is 0.462 e. The minimum absolute atomic E-state index is 0.0251. The van der Waals surface area contributed by atoms with Gasteiger partial charge in [0.15, 0.2) is 0 Å². The normalized spacial score (nSPS) is 36.1. The minimum atomic E-state index is -0.480. The fourth-order valence-electron chi connectivity index (χ4n) is 6.54. The van der Waals surface area contributed by atoms with Crippen molar-refractivity contribution < 1.29 is 29.1 Å². The van der Waals surface area contributed by atoms with Crippen molar-refractivity contribution in [2.75, 3.05) is 40.0 Å². The molecule has 2 aliphatic carbocycles. The Morgan fingerprint density at radius 3 is 2.70 bits per heavy atom. The molecule has 1 amide bonds. The molecule has 2 aliphatic heterocycles. The van der Waals surface area contributed by atoms with Gasteiger partial charge in [0.1, 0.15) is 18.9 Å². The molecule has 2 heterocycles. The lowest BCUT2D eigenvalue weighted by molar-refractivity contribution is -0.642. The number of amides is 1. The van der Waals surface area contributed by atoms with Crippen molar-refractivity contribution in [2.45, 2.75) is 89.1 Å². The predicted molar refractivity (Wildman–Crippen MR) is 123 cm³/mol. The first-order valence-electron chi connectivity index (χ1n) is 13.2. The van der Waals surface area contributed by atoms with Crippen LogP contribution >= 0.6 is 0 Å². The van der Waals surface area contributed by atoms with E-state index in [1.54, 1.807) is 7.11 Å². The molecule has 0 bridgehead atoms. The molecule has 0 aromatic heterocycles. The van der Waals surface area contributed by atoms with Gasteiger partial charge in [0, 0.05) is 33.0 Å². The van der Waals surface area contributed by atoms with Crippen LogP contribution in [0.25, 0.3) is 0 Å². The van der Waals surface area contributed by atoms with E-state index in [2.05, 4.69) is 15.5 Å². The SMILES string of the molecule is COC1CCC(C2CC(=O)OC3CC(O[C@H](C)C(=O)NCCCN4CC[NH2+]C4)CCC32)CC1. The van der Waals surface area contributed by atoms with Gasteiger partial charge in [0.2, 0.25) is 5.91 Å². The van der Waals surface area contributed by atoms with Crippen LogP contribution in [0.15, 0.2) is 0 Å². The standard InChI is InChI=1S/C25H43N3O5/c1-17(25(30)27-10-3-12-28-13-11-26-16-28)32-20-8-9-21-22(15-24(29)33-23(21)14-20)18-4-6-19(31-2)7-5-18/h17-23,26H,3-16H2,1-2H3,(H,27,30)/p+1/t17-,18?,19?,20?,21?,22?,23?/m1/s1. The lowest BCUT2D eigenvalue weighted by Gasteiger charge is -2.46. The van der Waals surface area contributed by atoms with Crippen molar-refractivity contribution >= 4 is 11.9 Å². The van der Waals surface area contributed by atoms with E-state index < -0.39 is 6.10 Å². The highest BCUT2D eigenvalue weighted by atomic mass is 16.6. The number of carbonyl (C=O) groups excluding carboxylic acids is 2. The number of esters is 1. The first-order valence-corrected chi connectivity index (χ1v) is 13.2. The van der Waals surface area contributed by atoms with E-state index in [0.717, 1.165) is 64.7 Å². The summed E-state index contributed by atoms with van der Waals surface area (Å²) in [6, 6.07) is 0. The fraction of sp³-hybridized carbons (Fsp3) is 0.920. The number of hydrogen-bond donors (Lipinski definition) is 2. The molecule has 3 N–H and O–H groups in total. The number of nitrogens with one attached hydrogen (secondary N) is 1. The maximum atomic E-state index is 12.5. The van der Waals surface area contributed by atoms with Crippen LogP contribution in [-0.2, 0) is 23.8 Å². The van der Waals surface area contributed by atoms with Crippen molar-refractivity contribution in [3.63, 3.8) is 0 Å². The maximum absolute atomic E-state index is 12.5. The van der Waals surface area contributed by atoms with Crippen LogP contribution in [0.4, 0.5) is 0 Å². The van der Waals surface area contributed by atoms with Crippen LogP contribution < -0.4 is 10.6 Å². The molecule has 2 saturated heterocycles. The number of carbonyl (C=O) groups is 2. The molecule has 0 aromatic carbocycles. The molecular weight excluding hydrogens is 422 g/mol. The molecule has 0 aromatic rings. The van der Waals surface area contributed by atoms with E-state index in [4.69, 9.17) is 14.2 Å². The van der Waals surface area contributed by atoms with Crippen LogP contribution in [0, 0.1) is 17.8 Å². The Labute approximate surface area is 198 Å². The average molecular weight is 467 g/mol. The highest BCUT2D eigenvalue weighted by Crippen LogP contribution is 2.46. The van der Waals surface area contributed by atoms with Crippen molar-refractivity contribution in [1.29, 1.82) is 0 Å². The van der Waals surface area contributed by atoms with Gasteiger partial charge in [0.05, 0.1) is 25.3 Å². The molecular formula is C25H44N3O5+. The number of methoxy groups -OCH3 is 1. The zero-order chi connectivity index (χ0) is 23.2. The molecule has 5 atom stereocenters. The lowest BCUT2D eigenvalue weighted by atomic mass is 9.65. The third kappa shape index (κ3) is 6.68. The van der Waals surface area contributed by atoms with E-state index in [-0.39, 0.29) is 24.1 Å². The van der Waals surface area contributed by atoms with Crippen LogP contribution in [0.2, 0.25) is 0 Å². The van der Waals surface area contributed by atoms with E-state index in [0.29, 0.717) is 43.2 Å². The Balaban J connectivity index is 1.20. The van der Waals surface area contributed by atoms with E-state index in [1.165, 1.54) is 6.54 Å². The number of quaternary nitrogens is 1. The van der Waals surface area contributed by atoms with Gasteiger partial charge >= 0.3 is 5.97 Å². The number of rotatable bonds is 9. The molecule has 8 heteroatoms. The van der Waals surface area contributed by atoms with Gasteiger partial charge < -0.3 is 24.8 Å². The minimum Gasteiger partial charge on any atom is -0.462 e. The molecule has 4 fully saturated rings. The third-order valence-corrected chi connectivity index (χ3v) is 8.44. The summed E-state index contributed by atoms with van der Waals surface area (Å²) in [5.74, 6) is 1.34. The zero-order valence-electron chi connectivity index (χ0n) is 20.5. The van der Waals surface area contributed by atoms with E-state index >= 15 is 0 Å². The molecule has 4 aliphatic rings. The summed E-state index contributed by atoms with van der Waals surface area (Å²) >= 11 is 0. The third-order valence-electron chi connectivity index (χ3n) is 8.44.